The number of nitrogens with zero attached hydrogens (tertiary/aromatic N) is 6. The number of carbonyl (C=O) groups excluding carboxylic acids is 2. The average molecular weight is 506 g/mol. The summed E-state index contributed by atoms with van der Waals surface area (Å²) in [5.41, 5.74) is 3.19. The minimum Gasteiger partial charge on any atom is -0.444 e. The predicted molar refractivity (Wildman–Crippen MR) is 141 cm³/mol. The molecule has 3 aromatic rings. The van der Waals surface area contributed by atoms with Gasteiger partial charge in [-0.1, -0.05) is 0 Å². The number of amides is 2. The molecule has 0 aromatic carbocycles. The van der Waals surface area contributed by atoms with Crippen LogP contribution in [0.4, 0.5) is 16.3 Å². The molecule has 1 aliphatic carbocycles. The fraction of sp³-hybridized carbons (Fsp3) is 0.519. The molecule has 2 fully saturated rings. The van der Waals surface area contributed by atoms with Gasteiger partial charge in [-0.2, -0.15) is 0 Å². The molecule has 10 heteroatoms. The topological polar surface area (TPSA) is 105 Å². The summed E-state index contributed by atoms with van der Waals surface area (Å²) in [6.45, 7) is 11.9. The lowest BCUT2D eigenvalue weighted by molar-refractivity contribution is 0.0208. The highest BCUT2D eigenvalue weighted by Crippen LogP contribution is 2.31. The molecule has 1 aliphatic heterocycles. The second-order valence-corrected chi connectivity index (χ2v) is 11.2. The molecule has 0 radical (unpaired) electrons. The van der Waals surface area contributed by atoms with E-state index in [0.717, 1.165) is 55.1 Å². The maximum absolute atomic E-state index is 12.8. The van der Waals surface area contributed by atoms with Gasteiger partial charge >= 0.3 is 6.09 Å². The maximum Gasteiger partial charge on any atom is 0.410 e. The van der Waals surface area contributed by atoms with E-state index in [9.17, 15) is 9.59 Å². The first kappa shape index (κ1) is 25.0. The fourth-order valence-corrected chi connectivity index (χ4v) is 4.80. The van der Waals surface area contributed by atoms with Crippen LogP contribution >= 0.6 is 0 Å². The number of hydrogen-bond donors (Lipinski definition) is 1. The van der Waals surface area contributed by atoms with Crippen LogP contribution in [0.3, 0.4) is 0 Å². The van der Waals surface area contributed by atoms with Crippen LogP contribution in [0.15, 0.2) is 30.9 Å². The van der Waals surface area contributed by atoms with Crippen molar-refractivity contribution in [3.05, 3.63) is 47.8 Å². The summed E-state index contributed by atoms with van der Waals surface area (Å²) in [5, 5.41) is 2.91. The zero-order valence-corrected chi connectivity index (χ0v) is 22.2. The molecule has 1 N–H and O–H groups in total. The Morgan fingerprint density at radius 2 is 1.92 bits per heavy atom. The smallest absolute Gasteiger partial charge is 0.410 e. The molecule has 10 nitrogen and oxygen atoms in total. The first-order valence-corrected chi connectivity index (χ1v) is 12.9. The lowest BCUT2D eigenvalue weighted by atomic mass is 10.1. The highest BCUT2D eigenvalue weighted by molar-refractivity contribution is 6.02. The fourth-order valence-electron chi connectivity index (χ4n) is 4.80. The SMILES string of the molecule is Cc1cn2cc(NC(=O)c3cnc(N4CC[C@H](CN(C(=O)OC(C)(C)C)C5CC5)C4)cn3)cc(C)c2n1. The van der Waals surface area contributed by atoms with Crippen LogP contribution in [-0.4, -0.2) is 67.5 Å². The number of pyridine rings is 1. The van der Waals surface area contributed by atoms with Gasteiger partial charge in [-0.05, 0) is 71.4 Å². The van der Waals surface area contributed by atoms with Crippen LogP contribution in [-0.2, 0) is 4.74 Å². The number of imidazole rings is 1. The lowest BCUT2D eigenvalue weighted by Gasteiger charge is -2.29. The van der Waals surface area contributed by atoms with E-state index in [4.69, 9.17) is 4.74 Å². The number of aryl methyl sites for hydroxylation is 2. The second kappa shape index (κ2) is 9.64. The molecule has 37 heavy (non-hydrogen) atoms. The molecule has 3 aromatic heterocycles. The van der Waals surface area contributed by atoms with Crippen molar-refractivity contribution in [3.63, 3.8) is 0 Å². The number of ether oxygens (including phenoxy) is 1. The Bertz CT molecular complexity index is 1310. The molecular weight excluding hydrogens is 470 g/mol. The van der Waals surface area contributed by atoms with Crippen molar-refractivity contribution in [2.45, 2.75) is 65.5 Å². The zero-order valence-electron chi connectivity index (χ0n) is 22.2. The van der Waals surface area contributed by atoms with Crippen molar-refractivity contribution in [2.24, 2.45) is 5.92 Å². The third-order valence-electron chi connectivity index (χ3n) is 6.66. The average Bonchev–Trinajstić information content (AvgIpc) is 3.42. The first-order chi connectivity index (χ1) is 17.6. The molecule has 5 rings (SSSR count). The molecule has 4 heterocycles. The van der Waals surface area contributed by atoms with Gasteiger partial charge < -0.3 is 24.3 Å². The standard InChI is InChI=1S/C27H35N7O3/c1-17-10-20(16-33-13-18(2)30-24(17)33)31-25(35)22-11-29-23(12-28-22)32-9-8-19(14-32)15-34(21-6-7-21)26(36)37-27(3,4)5/h10-13,16,19,21H,6-9,14-15H2,1-5H3,(H,31,35)/t19-/m0/s1. The highest BCUT2D eigenvalue weighted by atomic mass is 16.6. The van der Waals surface area contributed by atoms with Gasteiger partial charge in [0.25, 0.3) is 5.91 Å². The number of hydrogen-bond acceptors (Lipinski definition) is 7. The van der Waals surface area contributed by atoms with Crippen LogP contribution in [0.2, 0.25) is 0 Å². The van der Waals surface area contributed by atoms with E-state index in [1.807, 2.05) is 62.4 Å². The molecule has 196 valence electrons. The van der Waals surface area contributed by atoms with Crippen molar-refractivity contribution in [2.75, 3.05) is 29.9 Å². The normalized spacial score (nSPS) is 17.8. The highest BCUT2D eigenvalue weighted by Gasteiger charge is 2.38. The monoisotopic (exact) mass is 505 g/mol. The molecule has 0 bridgehead atoms. The Kier molecular flexibility index (Phi) is 6.51. The van der Waals surface area contributed by atoms with Crippen molar-refractivity contribution in [1.29, 1.82) is 0 Å². The number of nitrogens with one attached hydrogen (secondary N) is 1. The summed E-state index contributed by atoms with van der Waals surface area (Å²) in [4.78, 5) is 43.0. The summed E-state index contributed by atoms with van der Waals surface area (Å²) >= 11 is 0. The Balaban J connectivity index is 1.19. The van der Waals surface area contributed by atoms with E-state index < -0.39 is 5.60 Å². The van der Waals surface area contributed by atoms with Crippen LogP contribution in [0.1, 0.15) is 61.8 Å². The second-order valence-electron chi connectivity index (χ2n) is 11.2. The van der Waals surface area contributed by atoms with Gasteiger partial charge in [-0.25, -0.2) is 19.7 Å². The molecule has 1 saturated heterocycles. The van der Waals surface area contributed by atoms with Crippen molar-refractivity contribution in [3.8, 4) is 0 Å². The van der Waals surface area contributed by atoms with Gasteiger partial charge in [0.1, 0.15) is 22.8 Å². The van der Waals surface area contributed by atoms with Crippen LogP contribution in [0, 0.1) is 19.8 Å². The van der Waals surface area contributed by atoms with Crippen molar-refractivity contribution >= 4 is 29.2 Å². The van der Waals surface area contributed by atoms with Crippen LogP contribution in [0.5, 0.6) is 0 Å². The van der Waals surface area contributed by atoms with Gasteiger partial charge in [0.2, 0.25) is 0 Å². The molecule has 2 aliphatic rings. The Hall–Kier alpha value is -3.69. The van der Waals surface area contributed by atoms with Crippen LogP contribution in [0.25, 0.3) is 5.65 Å². The summed E-state index contributed by atoms with van der Waals surface area (Å²) in [6.07, 6.45) is 9.76. The minimum absolute atomic E-state index is 0.221. The maximum atomic E-state index is 12.8. The molecule has 1 atom stereocenters. The number of anilines is 2. The summed E-state index contributed by atoms with van der Waals surface area (Å²) in [6, 6.07) is 2.19. The summed E-state index contributed by atoms with van der Waals surface area (Å²) < 4.78 is 7.55. The number of carbonyl (C=O) groups is 2. The minimum atomic E-state index is -0.500. The van der Waals surface area contributed by atoms with Gasteiger partial charge in [-0.15, -0.1) is 0 Å². The quantitative estimate of drug-likeness (QED) is 0.535. The van der Waals surface area contributed by atoms with Crippen molar-refractivity contribution in [1.82, 2.24) is 24.3 Å². The van der Waals surface area contributed by atoms with Gasteiger partial charge in [0, 0.05) is 38.1 Å². The summed E-state index contributed by atoms with van der Waals surface area (Å²) in [5.74, 6) is 0.759. The van der Waals surface area contributed by atoms with E-state index in [-0.39, 0.29) is 17.7 Å². The van der Waals surface area contributed by atoms with E-state index in [1.165, 1.54) is 6.20 Å². The predicted octanol–water partition coefficient (Wildman–Crippen LogP) is 4.22. The van der Waals surface area contributed by atoms with E-state index >= 15 is 0 Å². The third-order valence-corrected chi connectivity index (χ3v) is 6.66. The molecule has 0 unspecified atom stereocenters. The van der Waals surface area contributed by atoms with Gasteiger partial charge in [-0.3, -0.25) is 4.79 Å². The van der Waals surface area contributed by atoms with Crippen molar-refractivity contribution < 1.29 is 14.3 Å². The van der Waals surface area contributed by atoms with E-state index in [0.29, 0.717) is 24.2 Å². The number of aromatic nitrogens is 4. The molecular formula is C27H35N7O3. The van der Waals surface area contributed by atoms with E-state index in [1.54, 1.807) is 6.20 Å². The Morgan fingerprint density at radius 3 is 2.59 bits per heavy atom. The summed E-state index contributed by atoms with van der Waals surface area (Å²) in [7, 11) is 0. The van der Waals surface area contributed by atoms with Crippen LogP contribution < -0.4 is 10.2 Å². The third kappa shape index (κ3) is 5.84. The largest absolute Gasteiger partial charge is 0.444 e. The first-order valence-electron chi connectivity index (χ1n) is 12.9. The lowest BCUT2D eigenvalue weighted by Crippen LogP contribution is -2.41. The van der Waals surface area contributed by atoms with E-state index in [2.05, 4.69) is 25.2 Å². The Labute approximate surface area is 217 Å². The van der Waals surface area contributed by atoms with Gasteiger partial charge in [0.05, 0.1) is 23.8 Å². The molecule has 2 amide bonds. The Morgan fingerprint density at radius 1 is 1.14 bits per heavy atom. The van der Waals surface area contributed by atoms with Gasteiger partial charge in [0.15, 0.2) is 0 Å². The molecule has 1 saturated carbocycles. The molecule has 0 spiro atoms. The number of rotatable bonds is 6. The zero-order chi connectivity index (χ0) is 26.3. The number of fused-ring (bicyclic) bond motifs is 1.